The molecule has 0 aromatic carbocycles. The summed E-state index contributed by atoms with van der Waals surface area (Å²) >= 11 is 0. The molecule has 5 fully saturated rings. The lowest BCUT2D eigenvalue weighted by molar-refractivity contribution is 0.309. The molecule has 9 rings (SSSR count). The quantitative estimate of drug-likeness (QED) is 0.0480. The van der Waals surface area contributed by atoms with Gasteiger partial charge in [0.15, 0.2) is 0 Å². The summed E-state index contributed by atoms with van der Waals surface area (Å²) in [4.78, 5) is 16.3. The fourth-order valence-corrected chi connectivity index (χ4v) is 14.2. The van der Waals surface area contributed by atoms with E-state index in [1.165, 1.54) is 90.5 Å². The first-order valence-electron chi connectivity index (χ1n) is 31.1. The Bertz CT molecular complexity index is 3260. The number of fused-ring (bicyclic) bond motifs is 1. The summed E-state index contributed by atoms with van der Waals surface area (Å²) in [5.41, 5.74) is 22.4. The summed E-state index contributed by atoms with van der Waals surface area (Å²) in [5, 5.41) is 0. The van der Waals surface area contributed by atoms with E-state index in [-0.39, 0.29) is 95.7 Å². The zero-order valence-electron chi connectivity index (χ0n) is 54.6. The molecule has 0 amide bonds. The molecule has 5 aliphatic rings. The van der Waals surface area contributed by atoms with Gasteiger partial charge in [0.1, 0.15) is 46.0 Å². The van der Waals surface area contributed by atoms with Crippen LogP contribution in [0.4, 0.5) is 17.6 Å². The van der Waals surface area contributed by atoms with Gasteiger partial charge >= 0.3 is 0 Å². The summed E-state index contributed by atoms with van der Waals surface area (Å²) in [7, 11) is -13.9. The lowest BCUT2D eigenvalue weighted by atomic mass is 10.2. The highest BCUT2D eigenvalue weighted by molar-refractivity contribution is 7.90. The van der Waals surface area contributed by atoms with Gasteiger partial charge in [-0.25, -0.2) is 71.2 Å². The smallest absolute Gasteiger partial charge is 0.244 e. The topological polar surface area (TPSA) is 342 Å². The Labute approximate surface area is 548 Å². The van der Waals surface area contributed by atoms with Crippen molar-refractivity contribution in [2.75, 3.05) is 105 Å². The molecular formula is C61H96F4N12O12S4. The van der Waals surface area contributed by atoms with Gasteiger partial charge in [0.05, 0.1) is 50.1 Å². The van der Waals surface area contributed by atoms with E-state index in [4.69, 9.17) is 41.9 Å². The van der Waals surface area contributed by atoms with Gasteiger partial charge in [0.25, 0.3) is 0 Å². The monoisotopic (exact) mass is 1390 g/mol. The van der Waals surface area contributed by atoms with Crippen LogP contribution in [0.25, 0.3) is 0 Å². The molecule has 0 bridgehead atoms. The van der Waals surface area contributed by atoms with Crippen molar-refractivity contribution >= 4 is 40.1 Å². The van der Waals surface area contributed by atoms with Crippen molar-refractivity contribution in [3.63, 3.8) is 0 Å². The van der Waals surface area contributed by atoms with Crippen LogP contribution in [0, 0.1) is 11.8 Å². The van der Waals surface area contributed by atoms with Crippen molar-refractivity contribution in [3.05, 3.63) is 121 Å². The molecule has 24 nitrogen and oxygen atoms in total. The fourth-order valence-electron chi connectivity index (χ4n) is 8.33. The first-order chi connectivity index (χ1) is 44.8. The third-order valence-electron chi connectivity index (χ3n) is 13.8. The van der Waals surface area contributed by atoms with Crippen LogP contribution >= 0.6 is 0 Å². The fraction of sp³-hybridized carbons (Fsp3) is 0.541. The van der Waals surface area contributed by atoms with Crippen LogP contribution in [0.2, 0.25) is 0 Å². The molecule has 2 atom stereocenters. The second-order valence-corrected chi connectivity index (χ2v) is 27.5. The van der Waals surface area contributed by atoms with Crippen LogP contribution in [0.5, 0.6) is 23.5 Å². The average molecular weight is 1390 g/mol. The van der Waals surface area contributed by atoms with Gasteiger partial charge in [0.2, 0.25) is 63.6 Å². The number of hydrogen-bond donors (Lipinski definition) is 4. The Morgan fingerprint density at radius 3 is 0.806 bits per heavy atom. The van der Waals surface area contributed by atoms with Crippen molar-refractivity contribution in [2.45, 2.75) is 120 Å². The minimum absolute atomic E-state index is 0.0123. The minimum Gasteiger partial charge on any atom is -0.473 e. The number of rotatable bonds is 24. The number of pyridine rings is 4. The van der Waals surface area contributed by atoms with E-state index < -0.39 is 40.1 Å². The molecule has 4 aliphatic heterocycles. The highest BCUT2D eigenvalue weighted by atomic mass is 32.2. The molecular weight excluding hydrogens is 1300 g/mol. The third kappa shape index (κ3) is 25.9. The Kier molecular flexibility index (Phi) is 39.2. The average Bonchev–Trinajstić information content (AvgIpc) is 1.64. The molecule has 524 valence electrons. The number of ether oxygens (including phenoxy) is 4. The number of nitrogens with zero attached hydrogens (tertiary/aromatic N) is 8. The minimum atomic E-state index is -3.50. The van der Waals surface area contributed by atoms with Gasteiger partial charge in [-0.05, 0) is 74.6 Å². The van der Waals surface area contributed by atoms with Gasteiger partial charge in [0, 0.05) is 125 Å². The molecule has 32 heteroatoms. The first-order valence-corrected chi connectivity index (χ1v) is 36.8. The number of halogens is 4. The Balaban J connectivity index is 0.000000407. The maximum absolute atomic E-state index is 12.4. The third-order valence-corrected chi connectivity index (χ3v) is 21.3. The van der Waals surface area contributed by atoms with Crippen LogP contribution in [0.1, 0.15) is 100 Å². The molecule has 0 radical (unpaired) electrons. The zero-order chi connectivity index (χ0) is 69.6. The number of nitrogens with two attached hydrogens (primary N) is 4. The van der Waals surface area contributed by atoms with E-state index in [1.54, 1.807) is 0 Å². The predicted octanol–water partition coefficient (Wildman–Crippen LogP) is 8.19. The summed E-state index contributed by atoms with van der Waals surface area (Å²) in [5.74, 6) is 1.98. The predicted molar refractivity (Wildman–Crippen MR) is 352 cm³/mol. The van der Waals surface area contributed by atoms with E-state index in [2.05, 4.69) is 19.9 Å². The first kappa shape index (κ1) is 83.1. The van der Waals surface area contributed by atoms with Crippen molar-refractivity contribution in [1.82, 2.24) is 37.2 Å². The van der Waals surface area contributed by atoms with E-state index in [0.717, 1.165) is 44.9 Å². The van der Waals surface area contributed by atoms with Gasteiger partial charge in [-0.2, -0.15) is 17.2 Å². The van der Waals surface area contributed by atoms with E-state index in [9.17, 15) is 51.2 Å². The van der Waals surface area contributed by atoms with E-state index >= 15 is 0 Å². The molecule has 2 unspecified atom stereocenters. The van der Waals surface area contributed by atoms with Crippen molar-refractivity contribution < 1.29 is 70.2 Å². The molecule has 8 heterocycles. The molecule has 1 saturated carbocycles. The van der Waals surface area contributed by atoms with Crippen LogP contribution < -0.4 is 41.9 Å². The number of sulfonamides is 4. The maximum Gasteiger partial charge on any atom is 0.244 e. The summed E-state index contributed by atoms with van der Waals surface area (Å²) in [6, 6.07) is 11.6. The van der Waals surface area contributed by atoms with E-state index in [1.807, 2.05) is 55.4 Å². The van der Waals surface area contributed by atoms with Gasteiger partial charge < -0.3 is 41.9 Å². The van der Waals surface area contributed by atoms with E-state index in [0.29, 0.717) is 112 Å². The number of piperidine rings is 2. The standard InChI is InChI=1S/C14H18FN3O3S.C14H20FN3O3S.C13H18FN3O3S.C12H16FN3O3S.4C2H6/c15-4-10(5-16)9-21-14-2-1-13(6-17-14)22(19,20)18-7-11-3-12(11)8-18;15-8-12(9-16)11-21-14-5-4-13(10-17-14)22(19,20)18-6-2-1-3-7-18;14-7-11(8-15)10-20-13-4-3-12(9-16-13)21(18,19)17-5-1-2-6-17;13-6-10(7-14)9-19-12-3-2-11(8-15-12)20(17,18)16-4-1-5-16;4*1-2/h1-2,4,6,11-12H,3,5,7-9,16H2;4-5,8,10H,1-3,6-7,9,11,16H2;3-4,7,9H,1-2,5-6,8,10,15H2;2-3,6,8H,1,4-5,7,9,14H2;4*1-2H3/b10-4+;12-8+;11-7+;10-6+;;;;. The van der Waals surface area contributed by atoms with Crippen molar-refractivity contribution in [3.8, 4) is 23.5 Å². The highest BCUT2D eigenvalue weighted by Gasteiger charge is 2.49. The number of aromatic nitrogens is 4. The van der Waals surface area contributed by atoms with Crippen LogP contribution in [-0.4, -0.2) is 176 Å². The second-order valence-electron chi connectivity index (χ2n) is 19.8. The lowest BCUT2D eigenvalue weighted by Crippen LogP contribution is -2.41. The Morgan fingerprint density at radius 1 is 0.387 bits per heavy atom. The molecule has 4 saturated heterocycles. The van der Waals surface area contributed by atoms with Gasteiger partial charge in [-0.3, -0.25) is 0 Å². The van der Waals surface area contributed by atoms with Crippen LogP contribution in [0.3, 0.4) is 0 Å². The molecule has 1 aliphatic carbocycles. The summed E-state index contributed by atoms with van der Waals surface area (Å²) in [6.07, 6.45) is 13.2. The highest BCUT2D eigenvalue weighted by Crippen LogP contribution is 2.46. The largest absolute Gasteiger partial charge is 0.473 e. The number of hydrogen-bond acceptors (Lipinski definition) is 20. The lowest BCUT2D eigenvalue weighted by Gasteiger charge is -2.29. The second kappa shape index (κ2) is 43.8. The Morgan fingerprint density at radius 2 is 0.613 bits per heavy atom. The SMILES string of the molecule is CC.CC.CC.CC.NC/C(=C\F)COc1ccc(S(=O)(=O)N2CC3CC3C2)cn1.NC/C(=C\F)COc1ccc(S(=O)(=O)N2CCC2)cn1.NC/C(=C\F)COc1ccc(S(=O)(=O)N2CCCC2)cn1.NC/C(=C\F)COc1ccc(S(=O)(=O)N2CCCCC2)cn1. The van der Waals surface area contributed by atoms with Crippen molar-refractivity contribution in [2.24, 2.45) is 34.8 Å². The molecule has 93 heavy (non-hydrogen) atoms. The Hall–Kier alpha value is -6.04. The summed E-state index contributed by atoms with van der Waals surface area (Å²) < 4.78 is 175. The molecule has 8 N–H and O–H groups in total. The molecule has 4 aromatic rings. The normalized spacial score (nSPS) is 17.8. The van der Waals surface area contributed by atoms with Gasteiger partial charge in [-0.15, -0.1) is 0 Å². The molecule has 0 spiro atoms. The maximum atomic E-state index is 12.4. The molecule has 4 aromatic heterocycles. The summed E-state index contributed by atoms with van der Waals surface area (Å²) in [6.45, 7) is 20.6. The van der Waals surface area contributed by atoms with Crippen LogP contribution in [0.15, 0.2) is 141 Å². The van der Waals surface area contributed by atoms with Gasteiger partial charge in [-0.1, -0.05) is 61.8 Å². The van der Waals surface area contributed by atoms with Crippen molar-refractivity contribution in [1.29, 1.82) is 0 Å². The van der Waals surface area contributed by atoms with Crippen LogP contribution in [-0.2, 0) is 40.1 Å². The zero-order valence-corrected chi connectivity index (χ0v) is 57.9.